The van der Waals surface area contributed by atoms with Crippen molar-refractivity contribution in [1.29, 1.82) is 0 Å². The fourth-order valence-electron chi connectivity index (χ4n) is 4.78. The smallest absolute Gasteiger partial charge is 0.326 e. The lowest BCUT2D eigenvalue weighted by Gasteiger charge is -2.27. The van der Waals surface area contributed by atoms with E-state index in [0.717, 1.165) is 56.7 Å². The first-order chi connectivity index (χ1) is 18.4. The number of aryl methyl sites for hydroxylation is 2. The molecule has 3 N–H and O–H groups in total. The standard InChI is InChI=1S/C28H37FN6O3/c1-19(38-2)17-35(15-4-3-8-21-12-11-20-7-6-14-30-26(20)33-21)16-13-24(28(36)37)34-27-22-9-5-10-23(29)25(22)31-18-32-27/h5,9-12,18-19,24H,3-4,6-8,13-17H2,1-2H3,(H,30,33)(H,36,37)(H,31,32,34). The Morgan fingerprint density at radius 3 is 2.92 bits per heavy atom. The van der Waals surface area contributed by atoms with Crippen LogP contribution in [0.5, 0.6) is 0 Å². The van der Waals surface area contributed by atoms with Gasteiger partial charge in [-0.05, 0) is 75.8 Å². The number of carboxylic acid groups (broad SMARTS) is 1. The summed E-state index contributed by atoms with van der Waals surface area (Å²) in [6, 6.07) is 7.99. The number of hydrogen-bond donors (Lipinski definition) is 3. The highest BCUT2D eigenvalue weighted by Crippen LogP contribution is 2.23. The molecule has 0 radical (unpaired) electrons. The van der Waals surface area contributed by atoms with Gasteiger partial charge in [0.2, 0.25) is 0 Å². The number of carboxylic acids is 1. The number of aromatic nitrogens is 3. The van der Waals surface area contributed by atoms with Gasteiger partial charge in [-0.1, -0.05) is 12.1 Å². The molecule has 9 nitrogen and oxygen atoms in total. The van der Waals surface area contributed by atoms with E-state index in [2.05, 4.69) is 37.6 Å². The van der Waals surface area contributed by atoms with E-state index in [1.165, 1.54) is 18.0 Å². The first-order valence-corrected chi connectivity index (χ1v) is 13.3. The highest BCUT2D eigenvalue weighted by Gasteiger charge is 2.21. The molecule has 2 atom stereocenters. The molecule has 3 aromatic rings. The molecule has 0 fully saturated rings. The summed E-state index contributed by atoms with van der Waals surface area (Å²) in [5.74, 6) is -0.122. The van der Waals surface area contributed by atoms with Gasteiger partial charge < -0.3 is 25.4 Å². The predicted octanol–water partition coefficient (Wildman–Crippen LogP) is 4.14. The molecule has 0 saturated carbocycles. The first kappa shape index (κ1) is 27.7. The number of nitrogens with zero attached hydrogens (tertiary/aromatic N) is 4. The Morgan fingerprint density at radius 1 is 1.24 bits per heavy atom. The first-order valence-electron chi connectivity index (χ1n) is 13.3. The number of para-hydroxylation sites is 1. The van der Waals surface area contributed by atoms with Crippen LogP contribution in [0.4, 0.5) is 16.0 Å². The highest BCUT2D eigenvalue weighted by atomic mass is 19.1. The SMILES string of the molecule is COC(C)CN(CCCCc1ccc2c(n1)NCCC2)CCC(Nc1ncnc2c(F)cccc12)C(=O)O. The average molecular weight is 525 g/mol. The van der Waals surface area contributed by atoms with Crippen molar-refractivity contribution in [3.8, 4) is 0 Å². The van der Waals surface area contributed by atoms with Gasteiger partial charge in [-0.2, -0.15) is 0 Å². The monoisotopic (exact) mass is 524 g/mol. The summed E-state index contributed by atoms with van der Waals surface area (Å²) in [6.07, 6.45) is 6.70. The summed E-state index contributed by atoms with van der Waals surface area (Å²) in [5, 5.41) is 16.7. The van der Waals surface area contributed by atoms with Crippen molar-refractivity contribution in [3.63, 3.8) is 0 Å². The third-order valence-corrected chi connectivity index (χ3v) is 6.99. The molecule has 1 aromatic carbocycles. The Labute approximate surface area is 222 Å². The number of anilines is 2. The van der Waals surface area contributed by atoms with Crippen molar-refractivity contribution in [1.82, 2.24) is 19.9 Å². The molecule has 1 aliphatic rings. The third-order valence-electron chi connectivity index (χ3n) is 6.99. The maximum absolute atomic E-state index is 14.1. The van der Waals surface area contributed by atoms with Crippen LogP contribution in [0.1, 0.15) is 43.9 Å². The quantitative estimate of drug-likeness (QED) is 0.268. The van der Waals surface area contributed by atoms with Crippen LogP contribution in [-0.2, 0) is 22.4 Å². The number of pyridine rings is 1. The molecule has 38 heavy (non-hydrogen) atoms. The van der Waals surface area contributed by atoms with Gasteiger partial charge in [0.05, 0.1) is 6.10 Å². The Hall–Kier alpha value is -3.37. The minimum absolute atomic E-state index is 0.0217. The summed E-state index contributed by atoms with van der Waals surface area (Å²) < 4.78 is 19.6. The Bertz CT molecular complexity index is 1230. The van der Waals surface area contributed by atoms with E-state index in [9.17, 15) is 14.3 Å². The molecule has 1 aliphatic heterocycles. The highest BCUT2D eigenvalue weighted by molar-refractivity contribution is 5.91. The average Bonchev–Trinajstić information content (AvgIpc) is 2.93. The second-order valence-corrected chi connectivity index (χ2v) is 9.83. The minimum Gasteiger partial charge on any atom is -0.480 e. The van der Waals surface area contributed by atoms with Gasteiger partial charge in [0.25, 0.3) is 0 Å². The van der Waals surface area contributed by atoms with Crippen LogP contribution in [0, 0.1) is 5.82 Å². The molecular weight excluding hydrogens is 487 g/mol. The van der Waals surface area contributed by atoms with Crippen LogP contribution in [0.2, 0.25) is 0 Å². The maximum atomic E-state index is 14.1. The maximum Gasteiger partial charge on any atom is 0.326 e. The summed E-state index contributed by atoms with van der Waals surface area (Å²) >= 11 is 0. The normalized spacial score (nSPS) is 14.6. The van der Waals surface area contributed by atoms with E-state index >= 15 is 0 Å². The zero-order valence-corrected chi connectivity index (χ0v) is 22.1. The molecule has 0 spiro atoms. The summed E-state index contributed by atoms with van der Waals surface area (Å²) in [7, 11) is 1.68. The predicted molar refractivity (Wildman–Crippen MR) is 146 cm³/mol. The molecule has 0 bridgehead atoms. The lowest BCUT2D eigenvalue weighted by molar-refractivity contribution is -0.138. The van der Waals surface area contributed by atoms with Crippen molar-refractivity contribution >= 4 is 28.5 Å². The number of fused-ring (bicyclic) bond motifs is 2. The molecule has 2 unspecified atom stereocenters. The number of nitrogens with one attached hydrogen (secondary N) is 2. The molecule has 0 saturated heterocycles. The fourth-order valence-corrected chi connectivity index (χ4v) is 4.78. The van der Waals surface area contributed by atoms with E-state index in [0.29, 0.717) is 30.7 Å². The number of methoxy groups -OCH3 is 1. The molecule has 2 aromatic heterocycles. The minimum atomic E-state index is -0.986. The van der Waals surface area contributed by atoms with Crippen molar-refractivity contribution in [2.75, 3.05) is 43.9 Å². The zero-order valence-electron chi connectivity index (χ0n) is 22.1. The van der Waals surface area contributed by atoms with Crippen molar-refractivity contribution in [2.45, 2.75) is 57.6 Å². The van der Waals surface area contributed by atoms with Crippen LogP contribution < -0.4 is 10.6 Å². The summed E-state index contributed by atoms with van der Waals surface area (Å²) in [5.41, 5.74) is 2.55. The molecule has 4 rings (SSSR count). The molecule has 0 amide bonds. The van der Waals surface area contributed by atoms with Crippen LogP contribution in [-0.4, -0.2) is 76.4 Å². The number of carbonyl (C=O) groups is 1. The topological polar surface area (TPSA) is 113 Å². The lowest BCUT2D eigenvalue weighted by Crippen LogP contribution is -2.38. The lowest BCUT2D eigenvalue weighted by atomic mass is 10.1. The Morgan fingerprint density at radius 2 is 2.11 bits per heavy atom. The Kier molecular flexibility index (Phi) is 9.78. The molecule has 0 aliphatic carbocycles. The van der Waals surface area contributed by atoms with E-state index in [4.69, 9.17) is 9.72 Å². The number of rotatable bonds is 14. The number of aliphatic carboxylic acids is 1. The number of halogens is 1. The van der Waals surface area contributed by atoms with Crippen LogP contribution >= 0.6 is 0 Å². The number of benzene rings is 1. The zero-order chi connectivity index (χ0) is 26.9. The van der Waals surface area contributed by atoms with E-state index in [1.54, 1.807) is 19.2 Å². The van der Waals surface area contributed by atoms with Crippen LogP contribution in [0.15, 0.2) is 36.7 Å². The van der Waals surface area contributed by atoms with Gasteiger partial charge >= 0.3 is 5.97 Å². The van der Waals surface area contributed by atoms with Crippen LogP contribution in [0.25, 0.3) is 10.9 Å². The van der Waals surface area contributed by atoms with Crippen LogP contribution in [0.3, 0.4) is 0 Å². The van der Waals surface area contributed by atoms with Gasteiger partial charge in [-0.25, -0.2) is 24.1 Å². The second-order valence-electron chi connectivity index (χ2n) is 9.83. The molecule has 3 heterocycles. The summed E-state index contributed by atoms with van der Waals surface area (Å²) in [4.78, 5) is 27.3. The van der Waals surface area contributed by atoms with Gasteiger partial charge in [0, 0.05) is 37.8 Å². The number of unbranched alkanes of at least 4 members (excludes halogenated alkanes) is 1. The van der Waals surface area contributed by atoms with Gasteiger partial charge in [0.15, 0.2) is 0 Å². The molecule has 204 valence electrons. The van der Waals surface area contributed by atoms with Crippen molar-refractivity contribution < 1.29 is 19.0 Å². The number of hydrogen-bond acceptors (Lipinski definition) is 8. The molecule has 10 heteroatoms. The number of ether oxygens (including phenoxy) is 1. The largest absolute Gasteiger partial charge is 0.480 e. The van der Waals surface area contributed by atoms with E-state index in [-0.39, 0.29) is 11.6 Å². The van der Waals surface area contributed by atoms with Gasteiger partial charge in [0.1, 0.15) is 35.3 Å². The van der Waals surface area contributed by atoms with Crippen molar-refractivity contribution in [3.05, 3.63) is 53.7 Å². The second kappa shape index (κ2) is 13.4. The van der Waals surface area contributed by atoms with Gasteiger partial charge in [-0.3, -0.25) is 0 Å². The fraction of sp³-hybridized carbons (Fsp3) is 0.500. The summed E-state index contributed by atoms with van der Waals surface area (Å²) in [6.45, 7) is 5.07. The Balaban J connectivity index is 1.33. The van der Waals surface area contributed by atoms with E-state index in [1.807, 2.05) is 6.92 Å². The van der Waals surface area contributed by atoms with E-state index < -0.39 is 17.8 Å². The third kappa shape index (κ3) is 7.35. The van der Waals surface area contributed by atoms with Crippen molar-refractivity contribution in [2.24, 2.45) is 0 Å². The van der Waals surface area contributed by atoms with Gasteiger partial charge in [-0.15, -0.1) is 0 Å². The molecular formula is C28H37FN6O3.